The van der Waals surface area contributed by atoms with Gasteiger partial charge < -0.3 is 5.32 Å². The van der Waals surface area contributed by atoms with Crippen LogP contribution in [0.3, 0.4) is 0 Å². The fourth-order valence-electron chi connectivity index (χ4n) is 2.53. The minimum atomic E-state index is -0.472. The summed E-state index contributed by atoms with van der Waals surface area (Å²) < 4.78 is 26.5. The van der Waals surface area contributed by atoms with Crippen molar-refractivity contribution >= 4 is 41.0 Å². The highest BCUT2D eigenvalue weighted by molar-refractivity contribution is 8.18. The third-order valence-corrected chi connectivity index (χ3v) is 4.90. The van der Waals surface area contributed by atoms with E-state index in [1.165, 1.54) is 54.6 Å². The summed E-state index contributed by atoms with van der Waals surface area (Å²) >= 11 is 0.785. The van der Waals surface area contributed by atoms with Crippen LogP contribution in [0.5, 0.6) is 0 Å². The van der Waals surface area contributed by atoms with Gasteiger partial charge in [-0.2, -0.15) is 0 Å². The zero-order valence-electron chi connectivity index (χ0n) is 15.1. The van der Waals surface area contributed by atoms with Crippen LogP contribution in [0.15, 0.2) is 59.5 Å². The Hall–Kier alpha value is -3.26. The van der Waals surface area contributed by atoms with Gasteiger partial charge in [0.2, 0.25) is 5.91 Å². The second-order valence-corrected chi connectivity index (χ2v) is 7.02. The Morgan fingerprint density at radius 1 is 1.07 bits per heavy atom. The van der Waals surface area contributed by atoms with Gasteiger partial charge in [-0.05, 0) is 47.7 Å². The van der Waals surface area contributed by atoms with Crippen molar-refractivity contribution in [2.45, 2.75) is 0 Å². The first kappa shape index (κ1) is 20.5. The van der Waals surface area contributed by atoms with Crippen molar-refractivity contribution in [3.05, 3.63) is 82.3 Å². The van der Waals surface area contributed by atoms with E-state index >= 15 is 0 Å². The molecule has 2 aromatic carbocycles. The molecule has 0 aliphatic carbocycles. The molecule has 0 atom stereocenters. The molecule has 2 aromatic rings. The minimum Gasteiger partial charge on any atom is -0.351 e. The predicted molar refractivity (Wildman–Crippen MR) is 108 cm³/mol. The summed E-state index contributed by atoms with van der Waals surface area (Å²) in [4.78, 5) is 37.5. The quantitative estimate of drug-likeness (QED) is 0.730. The zero-order chi connectivity index (χ0) is 20.8. The van der Waals surface area contributed by atoms with Gasteiger partial charge >= 0.3 is 0 Å². The van der Waals surface area contributed by atoms with Gasteiger partial charge in [0.15, 0.2) is 0 Å². The van der Waals surface area contributed by atoms with Crippen molar-refractivity contribution in [2.24, 2.45) is 0 Å². The zero-order valence-corrected chi connectivity index (χ0v) is 15.9. The second-order valence-electron chi connectivity index (χ2n) is 6.03. The molecule has 3 rings (SSSR count). The molecule has 1 N–H and O–H groups in total. The number of halogens is 2. The molecule has 0 aromatic heterocycles. The van der Waals surface area contributed by atoms with E-state index in [-0.39, 0.29) is 23.6 Å². The van der Waals surface area contributed by atoms with E-state index in [4.69, 9.17) is 0 Å². The van der Waals surface area contributed by atoms with E-state index in [1.807, 2.05) is 0 Å². The summed E-state index contributed by atoms with van der Waals surface area (Å²) in [6, 6.07) is 11.6. The Morgan fingerprint density at radius 3 is 2.52 bits per heavy atom. The van der Waals surface area contributed by atoms with Gasteiger partial charge in [-0.1, -0.05) is 30.3 Å². The van der Waals surface area contributed by atoms with Crippen LogP contribution in [0.1, 0.15) is 11.1 Å². The van der Waals surface area contributed by atoms with Gasteiger partial charge in [-0.15, -0.1) is 0 Å². The van der Waals surface area contributed by atoms with Gasteiger partial charge in [0.1, 0.15) is 11.6 Å². The first-order valence-corrected chi connectivity index (χ1v) is 9.47. The molecule has 1 saturated heterocycles. The van der Waals surface area contributed by atoms with Crippen molar-refractivity contribution in [3.8, 4) is 0 Å². The summed E-state index contributed by atoms with van der Waals surface area (Å²) in [5, 5.41) is 2.10. The molecule has 0 spiro atoms. The van der Waals surface area contributed by atoms with Crippen LogP contribution in [0.25, 0.3) is 12.2 Å². The Morgan fingerprint density at radius 2 is 1.79 bits per heavy atom. The first-order valence-electron chi connectivity index (χ1n) is 8.65. The minimum absolute atomic E-state index is 0.00467. The Labute approximate surface area is 170 Å². The van der Waals surface area contributed by atoms with Crippen molar-refractivity contribution in [1.82, 2.24) is 10.2 Å². The third-order valence-electron chi connectivity index (χ3n) is 4.00. The van der Waals surface area contributed by atoms with E-state index in [9.17, 15) is 23.2 Å². The molecule has 148 valence electrons. The Bertz CT molecular complexity index is 1000. The van der Waals surface area contributed by atoms with E-state index < -0.39 is 28.7 Å². The van der Waals surface area contributed by atoms with Crippen LogP contribution in [-0.2, 0) is 9.59 Å². The lowest BCUT2D eigenvalue weighted by Gasteiger charge is -2.12. The van der Waals surface area contributed by atoms with Gasteiger partial charge in [0, 0.05) is 24.7 Å². The molecule has 3 amide bonds. The second kappa shape index (κ2) is 9.29. The lowest BCUT2D eigenvalue weighted by Crippen LogP contribution is -2.36. The first-order chi connectivity index (χ1) is 13.9. The number of thioether (sulfide) groups is 1. The molecular weight excluding hydrogens is 398 g/mol. The number of hydrogen-bond acceptors (Lipinski definition) is 4. The number of benzene rings is 2. The van der Waals surface area contributed by atoms with E-state index in [2.05, 4.69) is 5.32 Å². The number of hydrogen-bond donors (Lipinski definition) is 1. The Kier molecular flexibility index (Phi) is 6.56. The number of amides is 3. The molecule has 0 unspecified atom stereocenters. The van der Waals surface area contributed by atoms with Crippen LogP contribution in [0.2, 0.25) is 0 Å². The largest absolute Gasteiger partial charge is 0.351 e. The van der Waals surface area contributed by atoms with Gasteiger partial charge in [0.25, 0.3) is 11.1 Å². The average Bonchev–Trinajstić information content (AvgIpc) is 2.96. The highest BCUT2D eigenvalue weighted by Gasteiger charge is 2.34. The normalized spacial score (nSPS) is 15.5. The summed E-state index contributed by atoms with van der Waals surface area (Å²) in [5.74, 6) is -1.78. The molecular formula is C21H16F2N2O3S. The van der Waals surface area contributed by atoms with E-state index in [1.54, 1.807) is 12.1 Å². The Balaban J connectivity index is 1.53. The van der Waals surface area contributed by atoms with E-state index in [0.717, 1.165) is 16.7 Å². The molecule has 29 heavy (non-hydrogen) atoms. The van der Waals surface area contributed by atoms with E-state index in [0.29, 0.717) is 5.56 Å². The third kappa shape index (κ3) is 5.39. The average molecular weight is 414 g/mol. The molecule has 0 saturated carbocycles. The highest BCUT2D eigenvalue weighted by Crippen LogP contribution is 2.31. The summed E-state index contributed by atoms with van der Waals surface area (Å²) in [6.45, 7) is 0.0625. The number of nitrogens with zero attached hydrogens (tertiary/aromatic N) is 1. The molecule has 1 aliphatic rings. The molecule has 1 aliphatic heterocycles. The molecule has 1 fully saturated rings. The number of nitrogens with one attached hydrogen (secondary N) is 1. The lowest BCUT2D eigenvalue weighted by atomic mass is 10.2. The lowest BCUT2D eigenvalue weighted by molar-refractivity contribution is -0.123. The summed E-state index contributed by atoms with van der Waals surface area (Å²) in [6.07, 6.45) is 4.04. The summed E-state index contributed by atoms with van der Waals surface area (Å²) in [7, 11) is 0. The fourth-order valence-corrected chi connectivity index (χ4v) is 3.39. The van der Waals surface area contributed by atoms with Gasteiger partial charge in [0.05, 0.1) is 4.91 Å². The maximum Gasteiger partial charge on any atom is 0.293 e. The molecule has 8 heteroatoms. The van der Waals surface area contributed by atoms with Crippen LogP contribution in [0.4, 0.5) is 13.6 Å². The number of carbonyl (C=O) groups is 3. The van der Waals surface area contributed by atoms with Gasteiger partial charge in [-0.3, -0.25) is 19.3 Å². The molecule has 5 nitrogen and oxygen atoms in total. The van der Waals surface area contributed by atoms with Crippen molar-refractivity contribution in [3.63, 3.8) is 0 Å². The monoisotopic (exact) mass is 414 g/mol. The highest BCUT2D eigenvalue weighted by atomic mass is 32.2. The van der Waals surface area contributed by atoms with Crippen LogP contribution < -0.4 is 5.32 Å². The number of rotatable bonds is 6. The van der Waals surface area contributed by atoms with Crippen molar-refractivity contribution < 1.29 is 23.2 Å². The topological polar surface area (TPSA) is 66.5 Å². The predicted octanol–water partition coefficient (Wildman–Crippen LogP) is 3.83. The number of carbonyl (C=O) groups excluding carboxylic acids is 3. The van der Waals surface area contributed by atoms with Crippen molar-refractivity contribution in [1.29, 1.82) is 0 Å². The number of imide groups is 1. The van der Waals surface area contributed by atoms with Crippen LogP contribution in [0, 0.1) is 11.6 Å². The van der Waals surface area contributed by atoms with Crippen molar-refractivity contribution in [2.75, 3.05) is 13.1 Å². The standard InChI is InChI=1S/C21H16F2N2O3S/c22-16-8-5-14(6-9-16)13-18-20(27)25(21(28)29-18)12-11-24-19(26)10-7-15-3-1-2-4-17(15)23/h1-10,13H,11-12H2,(H,24,26)/b10-7+,18-13-. The molecule has 0 bridgehead atoms. The fraction of sp³-hybridized carbons (Fsp3) is 0.0952. The molecule has 0 radical (unpaired) electrons. The SMILES string of the molecule is O=C(/C=C/c1ccccc1F)NCCN1C(=O)S/C(=C\c2ccc(F)cc2)C1=O. The maximum absolute atomic E-state index is 13.5. The smallest absolute Gasteiger partial charge is 0.293 e. The van der Waals surface area contributed by atoms with Crippen LogP contribution in [-0.4, -0.2) is 35.0 Å². The summed E-state index contributed by atoms with van der Waals surface area (Å²) in [5.41, 5.74) is 0.878. The maximum atomic E-state index is 13.5. The van der Waals surface area contributed by atoms with Gasteiger partial charge in [-0.25, -0.2) is 8.78 Å². The van der Waals surface area contributed by atoms with Crippen LogP contribution >= 0.6 is 11.8 Å². The molecule has 1 heterocycles.